The van der Waals surface area contributed by atoms with E-state index in [1.807, 2.05) is 23.1 Å². The highest BCUT2D eigenvalue weighted by molar-refractivity contribution is 7.09. The Labute approximate surface area is 175 Å². The maximum Gasteiger partial charge on any atom is 0.226 e. The second-order valence-electron chi connectivity index (χ2n) is 7.53. The Kier molecular flexibility index (Phi) is 6.50. The van der Waals surface area contributed by atoms with Gasteiger partial charge in [0.1, 0.15) is 5.82 Å². The van der Waals surface area contributed by atoms with Crippen molar-refractivity contribution in [1.29, 1.82) is 0 Å². The summed E-state index contributed by atoms with van der Waals surface area (Å²) in [4.78, 5) is 23.2. The molecule has 0 saturated carbocycles. The Morgan fingerprint density at radius 3 is 2.79 bits per heavy atom. The third-order valence-corrected chi connectivity index (χ3v) is 6.65. The number of rotatable bonds is 6. The highest BCUT2D eigenvalue weighted by Gasteiger charge is 2.31. The van der Waals surface area contributed by atoms with E-state index in [1.165, 1.54) is 4.88 Å². The van der Waals surface area contributed by atoms with Crippen molar-refractivity contribution in [1.82, 2.24) is 9.88 Å². The van der Waals surface area contributed by atoms with Crippen LogP contribution in [-0.2, 0) is 16.1 Å². The summed E-state index contributed by atoms with van der Waals surface area (Å²) in [5.74, 6) is 1.28. The standard InChI is InChI=1S/C21H26ClN3O2S/c22-17-5-6-20(23-13-17)24-9-7-16(8-10-24)21(26)25(14-18-3-1-11-27-18)15-19-4-2-12-28-19/h2,4-6,12-13,16,18H,1,3,7-11,14-15H2. The molecular formula is C21H26ClN3O2S. The molecule has 0 N–H and O–H groups in total. The maximum absolute atomic E-state index is 13.3. The highest BCUT2D eigenvalue weighted by atomic mass is 35.5. The SMILES string of the molecule is O=C(C1CCN(c2ccc(Cl)cn2)CC1)N(Cc1cccs1)CC1CCCO1. The Morgan fingerprint density at radius 2 is 2.14 bits per heavy atom. The predicted octanol–water partition coefficient (Wildman–Crippen LogP) is 4.22. The average Bonchev–Trinajstić information content (AvgIpc) is 3.42. The van der Waals surface area contributed by atoms with Crippen LogP contribution in [-0.4, -0.2) is 48.1 Å². The molecule has 4 heterocycles. The van der Waals surface area contributed by atoms with Gasteiger partial charge < -0.3 is 14.5 Å². The normalized spacial score (nSPS) is 20.5. The summed E-state index contributed by atoms with van der Waals surface area (Å²) in [5, 5.41) is 2.72. The number of hydrogen-bond donors (Lipinski definition) is 0. The summed E-state index contributed by atoms with van der Waals surface area (Å²) >= 11 is 7.65. The van der Waals surface area contributed by atoms with Gasteiger partial charge in [-0.2, -0.15) is 0 Å². The maximum atomic E-state index is 13.3. The van der Waals surface area contributed by atoms with Gasteiger partial charge in [0.25, 0.3) is 0 Å². The van der Waals surface area contributed by atoms with Gasteiger partial charge in [-0.15, -0.1) is 11.3 Å². The minimum Gasteiger partial charge on any atom is -0.376 e. The molecule has 2 saturated heterocycles. The van der Waals surface area contributed by atoms with Crippen LogP contribution >= 0.6 is 22.9 Å². The Bertz CT molecular complexity index is 754. The van der Waals surface area contributed by atoms with E-state index in [-0.39, 0.29) is 17.9 Å². The summed E-state index contributed by atoms with van der Waals surface area (Å²) in [5.41, 5.74) is 0. The van der Waals surface area contributed by atoms with Gasteiger partial charge in [-0.05, 0) is 49.3 Å². The van der Waals surface area contributed by atoms with E-state index < -0.39 is 0 Å². The first-order valence-corrected chi connectivity index (χ1v) is 11.2. The molecular weight excluding hydrogens is 394 g/mol. The van der Waals surface area contributed by atoms with E-state index in [0.29, 0.717) is 18.1 Å². The Balaban J connectivity index is 1.38. The molecule has 1 atom stereocenters. The lowest BCUT2D eigenvalue weighted by Gasteiger charge is -2.35. The number of carbonyl (C=O) groups excluding carboxylic acids is 1. The van der Waals surface area contributed by atoms with Gasteiger partial charge in [-0.25, -0.2) is 4.98 Å². The smallest absolute Gasteiger partial charge is 0.226 e. The van der Waals surface area contributed by atoms with Gasteiger partial charge in [0.2, 0.25) is 5.91 Å². The molecule has 0 radical (unpaired) electrons. The molecule has 2 aromatic rings. The lowest BCUT2D eigenvalue weighted by Crippen LogP contribution is -2.44. The van der Waals surface area contributed by atoms with Gasteiger partial charge in [0.05, 0.1) is 17.7 Å². The van der Waals surface area contributed by atoms with Crippen LogP contribution in [0.1, 0.15) is 30.6 Å². The van der Waals surface area contributed by atoms with Crippen molar-refractivity contribution in [2.75, 3.05) is 31.1 Å². The summed E-state index contributed by atoms with van der Waals surface area (Å²) in [7, 11) is 0. The zero-order valence-corrected chi connectivity index (χ0v) is 17.5. The molecule has 2 aliphatic heterocycles. The van der Waals surface area contributed by atoms with Crippen LogP contribution in [0.15, 0.2) is 35.8 Å². The fourth-order valence-corrected chi connectivity index (χ4v) is 4.86. The molecule has 28 heavy (non-hydrogen) atoms. The molecule has 0 aromatic carbocycles. The number of amides is 1. The fourth-order valence-electron chi connectivity index (χ4n) is 4.03. The molecule has 4 rings (SSSR count). The van der Waals surface area contributed by atoms with Gasteiger partial charge in [-0.1, -0.05) is 17.7 Å². The van der Waals surface area contributed by atoms with E-state index in [1.54, 1.807) is 17.5 Å². The molecule has 1 amide bonds. The third kappa shape index (κ3) is 4.85. The molecule has 2 aliphatic rings. The number of pyridine rings is 1. The average molecular weight is 420 g/mol. The molecule has 2 aromatic heterocycles. The van der Waals surface area contributed by atoms with E-state index in [0.717, 1.165) is 51.2 Å². The predicted molar refractivity (Wildman–Crippen MR) is 113 cm³/mol. The molecule has 7 heteroatoms. The zero-order chi connectivity index (χ0) is 19.3. The van der Waals surface area contributed by atoms with Crippen molar-refractivity contribution < 1.29 is 9.53 Å². The number of piperidine rings is 1. The van der Waals surface area contributed by atoms with Crippen LogP contribution in [0.5, 0.6) is 0 Å². The van der Waals surface area contributed by atoms with E-state index in [9.17, 15) is 4.79 Å². The van der Waals surface area contributed by atoms with E-state index in [4.69, 9.17) is 16.3 Å². The zero-order valence-electron chi connectivity index (χ0n) is 15.9. The number of thiophene rings is 1. The topological polar surface area (TPSA) is 45.7 Å². The number of anilines is 1. The van der Waals surface area contributed by atoms with Crippen LogP contribution in [0.2, 0.25) is 5.02 Å². The molecule has 2 fully saturated rings. The van der Waals surface area contributed by atoms with E-state index in [2.05, 4.69) is 21.3 Å². The van der Waals surface area contributed by atoms with Crippen molar-refractivity contribution in [3.05, 3.63) is 45.7 Å². The van der Waals surface area contributed by atoms with Crippen LogP contribution in [0.3, 0.4) is 0 Å². The van der Waals surface area contributed by atoms with Gasteiger partial charge >= 0.3 is 0 Å². The van der Waals surface area contributed by atoms with Crippen molar-refractivity contribution in [2.45, 2.75) is 38.3 Å². The molecule has 150 valence electrons. The first-order chi connectivity index (χ1) is 13.7. The highest BCUT2D eigenvalue weighted by Crippen LogP contribution is 2.26. The van der Waals surface area contributed by atoms with E-state index >= 15 is 0 Å². The Hall–Kier alpha value is -1.63. The monoisotopic (exact) mass is 419 g/mol. The number of hydrogen-bond acceptors (Lipinski definition) is 5. The number of ether oxygens (including phenoxy) is 1. The molecule has 0 spiro atoms. The van der Waals surface area contributed by atoms with Crippen molar-refractivity contribution in [2.24, 2.45) is 5.92 Å². The summed E-state index contributed by atoms with van der Waals surface area (Å²) in [6.07, 6.45) is 5.72. The quantitative estimate of drug-likeness (QED) is 0.703. The summed E-state index contributed by atoms with van der Waals surface area (Å²) in [6.45, 7) is 3.90. The number of nitrogens with zero attached hydrogens (tertiary/aromatic N) is 3. The first kappa shape index (κ1) is 19.7. The number of halogens is 1. The molecule has 0 bridgehead atoms. The van der Waals surface area contributed by atoms with Gasteiger partial charge in [0.15, 0.2) is 0 Å². The minimum atomic E-state index is 0.0740. The van der Waals surface area contributed by atoms with Crippen LogP contribution in [0, 0.1) is 5.92 Å². The second-order valence-corrected chi connectivity index (χ2v) is 9.00. The number of aromatic nitrogens is 1. The second kappa shape index (κ2) is 9.25. The summed E-state index contributed by atoms with van der Waals surface area (Å²) in [6, 6.07) is 7.97. The Morgan fingerprint density at radius 1 is 1.29 bits per heavy atom. The van der Waals surface area contributed by atoms with Crippen LogP contribution < -0.4 is 4.90 Å². The van der Waals surface area contributed by atoms with Crippen molar-refractivity contribution in [3.63, 3.8) is 0 Å². The van der Waals surface area contributed by atoms with Crippen molar-refractivity contribution >= 4 is 34.7 Å². The van der Waals surface area contributed by atoms with Crippen LogP contribution in [0.25, 0.3) is 0 Å². The lowest BCUT2D eigenvalue weighted by atomic mass is 9.95. The van der Waals surface area contributed by atoms with Gasteiger partial charge in [0, 0.05) is 43.2 Å². The molecule has 5 nitrogen and oxygen atoms in total. The van der Waals surface area contributed by atoms with Gasteiger partial charge in [-0.3, -0.25) is 4.79 Å². The third-order valence-electron chi connectivity index (χ3n) is 5.57. The lowest BCUT2D eigenvalue weighted by molar-refractivity contribution is -0.138. The summed E-state index contributed by atoms with van der Waals surface area (Å²) < 4.78 is 5.81. The largest absolute Gasteiger partial charge is 0.376 e. The van der Waals surface area contributed by atoms with Crippen molar-refractivity contribution in [3.8, 4) is 0 Å². The number of carbonyl (C=O) groups is 1. The molecule has 1 unspecified atom stereocenters. The first-order valence-electron chi connectivity index (χ1n) is 9.98. The molecule has 0 aliphatic carbocycles. The minimum absolute atomic E-state index is 0.0740. The fraction of sp³-hybridized carbons (Fsp3) is 0.524. The van der Waals surface area contributed by atoms with Crippen LogP contribution in [0.4, 0.5) is 5.82 Å².